The molecule has 32 heavy (non-hydrogen) atoms. The molecule has 2 fully saturated rings. The van der Waals surface area contributed by atoms with Crippen LogP contribution in [0.5, 0.6) is 0 Å². The molecule has 0 amide bonds. The molecule has 2 unspecified atom stereocenters. The Bertz CT molecular complexity index is 567. The van der Waals surface area contributed by atoms with Crippen molar-refractivity contribution < 1.29 is 0 Å². The van der Waals surface area contributed by atoms with Crippen molar-refractivity contribution >= 4 is 0 Å². The van der Waals surface area contributed by atoms with Gasteiger partial charge in [0.2, 0.25) is 0 Å². The average Bonchev–Trinajstić information content (AvgIpc) is 2.80. The van der Waals surface area contributed by atoms with Crippen LogP contribution in [0.2, 0.25) is 0 Å². The van der Waals surface area contributed by atoms with Gasteiger partial charge in [-0.15, -0.1) is 0 Å². The topological polar surface area (TPSA) is 6.48 Å². The van der Waals surface area contributed by atoms with Gasteiger partial charge in [-0.2, -0.15) is 0 Å². The summed E-state index contributed by atoms with van der Waals surface area (Å²) in [6.45, 7) is 8.28. The van der Waals surface area contributed by atoms with Crippen molar-refractivity contribution in [3.05, 3.63) is 24.3 Å². The van der Waals surface area contributed by atoms with E-state index in [0.29, 0.717) is 0 Å². The monoisotopic (exact) mass is 440 g/mol. The molecular weight excluding hydrogens is 388 g/mol. The lowest BCUT2D eigenvalue weighted by Gasteiger charge is -2.47. The number of piperidine rings is 2. The summed E-state index contributed by atoms with van der Waals surface area (Å²) >= 11 is 0. The predicted octanol–water partition coefficient (Wildman–Crippen LogP) is 7.46. The number of nitrogens with zero attached hydrogens (tertiary/aromatic N) is 2. The van der Waals surface area contributed by atoms with Crippen molar-refractivity contribution in [2.75, 3.05) is 39.3 Å². The van der Waals surface area contributed by atoms with E-state index in [0.717, 1.165) is 23.7 Å². The first-order valence-electron chi connectivity index (χ1n) is 14.6. The molecule has 0 N–H and O–H groups in total. The van der Waals surface area contributed by atoms with E-state index in [1.165, 1.54) is 142 Å². The van der Waals surface area contributed by atoms with Crippen molar-refractivity contribution in [1.82, 2.24) is 9.80 Å². The predicted molar refractivity (Wildman–Crippen MR) is 139 cm³/mol. The Hall–Kier alpha value is -0.600. The molecule has 5 aliphatic rings. The minimum absolute atomic E-state index is 0.957. The standard InChI is InChI=1S/C30H52N2/c1-3-7-11-15-20-31-22-19-30-28(25-31)18-14-10-6-2-4-8-12-16-21-32-24-27(17-13-9-5-1)23-29(30)26-32/h1-4,27-30H,5-26H2/t27-,28+,29+,30-/m1/s1. The van der Waals surface area contributed by atoms with Crippen LogP contribution in [0.3, 0.4) is 0 Å². The van der Waals surface area contributed by atoms with E-state index in [-0.39, 0.29) is 0 Å². The number of hydrogen-bond donors (Lipinski definition) is 0. The quantitative estimate of drug-likeness (QED) is 0.361. The molecule has 0 radical (unpaired) electrons. The van der Waals surface area contributed by atoms with E-state index in [4.69, 9.17) is 0 Å². The zero-order chi connectivity index (χ0) is 21.8. The lowest BCUT2D eigenvalue weighted by molar-refractivity contribution is 0.0186. The number of allylic oxidation sites excluding steroid dienone is 4. The van der Waals surface area contributed by atoms with Crippen LogP contribution >= 0.6 is 0 Å². The van der Waals surface area contributed by atoms with Crippen LogP contribution in [-0.2, 0) is 0 Å². The van der Waals surface area contributed by atoms with Crippen molar-refractivity contribution in [3.63, 3.8) is 0 Å². The number of hydrogen-bond acceptors (Lipinski definition) is 2. The van der Waals surface area contributed by atoms with Gasteiger partial charge in [0.15, 0.2) is 0 Å². The van der Waals surface area contributed by atoms with Gasteiger partial charge in [-0.3, -0.25) is 0 Å². The number of rotatable bonds is 0. The van der Waals surface area contributed by atoms with Gasteiger partial charge in [0.05, 0.1) is 0 Å². The summed E-state index contributed by atoms with van der Waals surface area (Å²) in [7, 11) is 0. The van der Waals surface area contributed by atoms with Gasteiger partial charge >= 0.3 is 0 Å². The van der Waals surface area contributed by atoms with E-state index in [2.05, 4.69) is 34.1 Å². The van der Waals surface area contributed by atoms with Crippen LogP contribution < -0.4 is 0 Å². The molecule has 0 aliphatic carbocycles. The molecule has 182 valence electrons. The lowest BCUT2D eigenvalue weighted by atomic mass is 9.69. The van der Waals surface area contributed by atoms with E-state index in [1.807, 2.05) is 0 Å². The van der Waals surface area contributed by atoms with E-state index < -0.39 is 0 Å². The van der Waals surface area contributed by atoms with Crippen molar-refractivity contribution in [1.29, 1.82) is 0 Å². The fourth-order valence-electron chi connectivity index (χ4n) is 7.34. The molecule has 6 bridgehead atoms. The van der Waals surface area contributed by atoms with Gasteiger partial charge in [-0.1, -0.05) is 37.1 Å². The van der Waals surface area contributed by atoms with Gasteiger partial charge in [0.25, 0.3) is 0 Å². The highest BCUT2D eigenvalue weighted by Crippen LogP contribution is 2.40. The Morgan fingerprint density at radius 2 is 1.06 bits per heavy atom. The highest BCUT2D eigenvalue weighted by Gasteiger charge is 2.38. The van der Waals surface area contributed by atoms with E-state index in [9.17, 15) is 0 Å². The Morgan fingerprint density at radius 1 is 0.469 bits per heavy atom. The number of fused-ring (bicyclic) bond motifs is 10. The second-order valence-corrected chi connectivity index (χ2v) is 11.6. The molecule has 0 aromatic rings. The zero-order valence-electron chi connectivity index (χ0n) is 21.1. The maximum atomic E-state index is 2.92. The van der Waals surface area contributed by atoms with Crippen LogP contribution in [0, 0.1) is 23.7 Å². The third-order valence-electron chi connectivity index (χ3n) is 9.08. The van der Waals surface area contributed by atoms with Gasteiger partial charge in [0.1, 0.15) is 0 Å². The maximum Gasteiger partial charge on any atom is 0.00127 e. The van der Waals surface area contributed by atoms with Crippen LogP contribution in [0.25, 0.3) is 0 Å². The van der Waals surface area contributed by atoms with Gasteiger partial charge in [0, 0.05) is 19.6 Å². The first-order valence-corrected chi connectivity index (χ1v) is 14.6. The molecule has 0 aromatic heterocycles. The summed E-state index contributed by atoms with van der Waals surface area (Å²) in [6.07, 6.45) is 32.4. The summed E-state index contributed by atoms with van der Waals surface area (Å²) in [5.41, 5.74) is 0. The molecular formula is C30H52N2. The maximum absolute atomic E-state index is 2.92. The molecule has 5 heterocycles. The van der Waals surface area contributed by atoms with Gasteiger partial charge < -0.3 is 9.80 Å². The summed E-state index contributed by atoms with van der Waals surface area (Å²) in [5, 5.41) is 0. The van der Waals surface area contributed by atoms with Crippen LogP contribution in [0.4, 0.5) is 0 Å². The summed E-state index contributed by atoms with van der Waals surface area (Å²) in [6, 6.07) is 0. The zero-order valence-corrected chi connectivity index (χ0v) is 21.1. The second kappa shape index (κ2) is 14.0. The Balaban J connectivity index is 1.48. The highest BCUT2D eigenvalue weighted by molar-refractivity contribution is 4.91. The van der Waals surface area contributed by atoms with Gasteiger partial charge in [-0.25, -0.2) is 0 Å². The van der Waals surface area contributed by atoms with Crippen LogP contribution in [-0.4, -0.2) is 49.1 Å². The first-order chi connectivity index (χ1) is 15.9. The fourth-order valence-corrected chi connectivity index (χ4v) is 7.34. The minimum atomic E-state index is 0.957. The van der Waals surface area contributed by atoms with Crippen molar-refractivity contribution in [2.45, 2.75) is 103 Å². The SMILES string of the molecule is C1=CCCCCN2CC[C@@H]3[C@@H](CCCCC=CCCCCN4C[C@H](CCCC1)C[C@H]3C4)C2. The molecule has 2 saturated heterocycles. The molecule has 0 saturated carbocycles. The molecule has 5 aliphatic heterocycles. The lowest BCUT2D eigenvalue weighted by Crippen LogP contribution is -2.49. The van der Waals surface area contributed by atoms with E-state index in [1.54, 1.807) is 0 Å². The molecule has 6 atom stereocenters. The minimum Gasteiger partial charge on any atom is -0.303 e. The first kappa shape index (κ1) is 24.5. The second-order valence-electron chi connectivity index (χ2n) is 11.6. The Morgan fingerprint density at radius 3 is 1.78 bits per heavy atom. The van der Waals surface area contributed by atoms with E-state index >= 15 is 0 Å². The third kappa shape index (κ3) is 8.01. The van der Waals surface area contributed by atoms with Crippen LogP contribution in [0.15, 0.2) is 24.3 Å². The smallest absolute Gasteiger partial charge is 0.00127 e. The summed E-state index contributed by atoms with van der Waals surface area (Å²) < 4.78 is 0. The van der Waals surface area contributed by atoms with Crippen molar-refractivity contribution in [2.24, 2.45) is 23.7 Å². The van der Waals surface area contributed by atoms with Gasteiger partial charge in [-0.05, 0) is 133 Å². The third-order valence-corrected chi connectivity index (χ3v) is 9.08. The highest BCUT2D eigenvalue weighted by atomic mass is 15.1. The largest absolute Gasteiger partial charge is 0.303 e. The normalized spacial score (nSPS) is 38.8. The Kier molecular flexibility index (Phi) is 10.7. The fraction of sp³-hybridized carbons (Fsp3) is 0.867. The summed E-state index contributed by atoms with van der Waals surface area (Å²) in [5.74, 6) is 3.89. The average molecular weight is 441 g/mol. The molecule has 0 spiro atoms. The molecule has 2 heteroatoms. The Labute approximate surface area is 199 Å². The van der Waals surface area contributed by atoms with Crippen LogP contribution in [0.1, 0.15) is 103 Å². The molecule has 5 rings (SSSR count). The van der Waals surface area contributed by atoms with Crippen molar-refractivity contribution in [3.8, 4) is 0 Å². The molecule has 2 nitrogen and oxygen atoms in total. The molecule has 0 aromatic carbocycles. The summed E-state index contributed by atoms with van der Waals surface area (Å²) in [4.78, 5) is 5.77.